The molecule has 0 bridgehead atoms. The molecule has 2 amide bonds. The molecule has 4 aromatic rings. The lowest BCUT2D eigenvalue weighted by molar-refractivity contribution is -0.189. The van der Waals surface area contributed by atoms with Crippen molar-refractivity contribution in [3.8, 4) is 17.1 Å². The number of benzene rings is 2. The first-order chi connectivity index (χ1) is 18.0. The summed E-state index contributed by atoms with van der Waals surface area (Å²) in [5, 5.41) is 8.10. The molecule has 3 heterocycles. The van der Waals surface area contributed by atoms with Gasteiger partial charge < -0.3 is 20.5 Å². The summed E-state index contributed by atoms with van der Waals surface area (Å²) in [6, 6.07) is 20.9. The van der Waals surface area contributed by atoms with Crippen molar-refractivity contribution >= 4 is 23.4 Å². The Bertz CT molecular complexity index is 1420. The van der Waals surface area contributed by atoms with Crippen LogP contribution in [0.15, 0.2) is 85.2 Å². The van der Waals surface area contributed by atoms with Gasteiger partial charge in [-0.25, -0.2) is 9.67 Å². The molecule has 37 heavy (non-hydrogen) atoms. The average molecular weight is 518 g/mol. The van der Waals surface area contributed by atoms with Crippen molar-refractivity contribution in [1.82, 2.24) is 20.1 Å². The highest BCUT2D eigenvalue weighted by Gasteiger charge is 2.51. The number of aromatic nitrogens is 3. The summed E-state index contributed by atoms with van der Waals surface area (Å²) in [5.74, 6) is -2.77. The molecule has 188 valence electrons. The Labute approximate surface area is 218 Å². The van der Waals surface area contributed by atoms with Gasteiger partial charge in [-0.2, -0.15) is 5.10 Å². The first-order valence-corrected chi connectivity index (χ1v) is 12.0. The van der Waals surface area contributed by atoms with E-state index in [4.69, 9.17) is 26.8 Å². The summed E-state index contributed by atoms with van der Waals surface area (Å²) in [6.07, 6.45) is 3.54. The van der Waals surface area contributed by atoms with Gasteiger partial charge >= 0.3 is 0 Å². The molecule has 1 saturated heterocycles. The van der Waals surface area contributed by atoms with Crippen LogP contribution in [0.3, 0.4) is 0 Å². The van der Waals surface area contributed by atoms with Crippen molar-refractivity contribution in [2.24, 2.45) is 5.73 Å². The van der Waals surface area contributed by atoms with E-state index in [-0.39, 0.29) is 25.2 Å². The third-order valence-corrected chi connectivity index (χ3v) is 6.30. The van der Waals surface area contributed by atoms with Crippen LogP contribution in [0.1, 0.15) is 15.9 Å². The molecule has 1 atom stereocenters. The highest BCUT2D eigenvalue weighted by Crippen LogP contribution is 2.27. The van der Waals surface area contributed by atoms with E-state index in [2.05, 4.69) is 15.4 Å². The van der Waals surface area contributed by atoms with E-state index in [1.165, 1.54) is 4.68 Å². The van der Waals surface area contributed by atoms with Crippen LogP contribution in [0, 0.1) is 0 Å². The molecule has 2 aromatic heterocycles. The minimum atomic E-state index is -1.79. The average Bonchev–Trinajstić information content (AvgIpc) is 3.60. The summed E-state index contributed by atoms with van der Waals surface area (Å²) in [5.41, 5.74) is 8.33. The molecule has 2 aromatic carbocycles. The number of pyridine rings is 1. The number of primary amides is 1. The minimum absolute atomic E-state index is 0.182. The van der Waals surface area contributed by atoms with Gasteiger partial charge in [0.15, 0.2) is 5.82 Å². The van der Waals surface area contributed by atoms with Gasteiger partial charge in [-0.15, -0.1) is 0 Å². The van der Waals surface area contributed by atoms with Gasteiger partial charge in [0, 0.05) is 23.0 Å². The quantitative estimate of drug-likeness (QED) is 0.370. The maximum atomic E-state index is 13.6. The second-order valence-electron chi connectivity index (χ2n) is 8.47. The lowest BCUT2D eigenvalue weighted by Crippen LogP contribution is -2.61. The van der Waals surface area contributed by atoms with Gasteiger partial charge in [0.1, 0.15) is 0 Å². The first kappa shape index (κ1) is 24.6. The normalized spacial score (nSPS) is 15.3. The predicted molar refractivity (Wildman–Crippen MR) is 137 cm³/mol. The molecule has 9 nitrogen and oxygen atoms in total. The summed E-state index contributed by atoms with van der Waals surface area (Å²) in [4.78, 5) is 30.5. The standard InChI is InChI=1S/C27H24ClN5O4/c28-20-9-4-8-19(17-20)22-11-13-33(32-22)24-21(10-5-12-30-24)25(34)31-23(16-18-6-2-1-3-7-18)27(26(29)35)36-14-15-37-27/h1-13,17,23H,14-16H2,(H2,29,35)(H,31,34). The fraction of sp³-hybridized carbons (Fsp3) is 0.185. The minimum Gasteiger partial charge on any atom is -0.365 e. The maximum Gasteiger partial charge on any atom is 0.280 e. The van der Waals surface area contributed by atoms with Gasteiger partial charge in [0.05, 0.1) is 30.5 Å². The second-order valence-corrected chi connectivity index (χ2v) is 8.91. The number of nitrogens with two attached hydrogens (primary N) is 1. The number of hydrogen-bond donors (Lipinski definition) is 2. The van der Waals surface area contributed by atoms with Crippen molar-refractivity contribution in [2.45, 2.75) is 18.2 Å². The van der Waals surface area contributed by atoms with E-state index in [1.54, 1.807) is 36.7 Å². The van der Waals surface area contributed by atoms with Gasteiger partial charge in [0.2, 0.25) is 0 Å². The topological polar surface area (TPSA) is 121 Å². The van der Waals surface area contributed by atoms with Crippen LogP contribution in [0.25, 0.3) is 17.1 Å². The number of nitrogens with zero attached hydrogens (tertiary/aromatic N) is 3. The first-order valence-electron chi connectivity index (χ1n) is 11.7. The third-order valence-electron chi connectivity index (χ3n) is 6.06. The van der Waals surface area contributed by atoms with Crippen molar-refractivity contribution in [3.63, 3.8) is 0 Å². The van der Waals surface area contributed by atoms with Gasteiger partial charge in [-0.05, 0) is 42.3 Å². The van der Waals surface area contributed by atoms with Crippen LogP contribution in [0.2, 0.25) is 5.02 Å². The van der Waals surface area contributed by atoms with Crippen LogP contribution in [-0.2, 0) is 20.7 Å². The van der Waals surface area contributed by atoms with Crippen LogP contribution >= 0.6 is 11.6 Å². The lowest BCUT2D eigenvalue weighted by atomic mass is 9.97. The van der Waals surface area contributed by atoms with Crippen LogP contribution in [0.5, 0.6) is 0 Å². The maximum absolute atomic E-state index is 13.6. The smallest absolute Gasteiger partial charge is 0.280 e. The highest BCUT2D eigenvalue weighted by molar-refractivity contribution is 6.30. The van der Waals surface area contributed by atoms with Crippen molar-refractivity contribution < 1.29 is 19.1 Å². The Morgan fingerprint density at radius 2 is 1.84 bits per heavy atom. The van der Waals surface area contributed by atoms with Gasteiger partial charge in [-0.1, -0.05) is 54.1 Å². The fourth-order valence-electron chi connectivity index (χ4n) is 4.31. The number of ether oxygens (including phenoxy) is 2. The Morgan fingerprint density at radius 1 is 1.05 bits per heavy atom. The van der Waals surface area contributed by atoms with Gasteiger partial charge in [0.25, 0.3) is 17.6 Å². The lowest BCUT2D eigenvalue weighted by Gasteiger charge is -2.33. The van der Waals surface area contributed by atoms with E-state index >= 15 is 0 Å². The molecule has 0 spiro atoms. The number of carbonyl (C=O) groups excluding carboxylic acids is 2. The summed E-state index contributed by atoms with van der Waals surface area (Å²) < 4.78 is 12.9. The number of carbonyl (C=O) groups is 2. The second kappa shape index (κ2) is 10.5. The molecule has 1 unspecified atom stereocenters. The monoisotopic (exact) mass is 517 g/mol. The number of halogens is 1. The molecule has 0 radical (unpaired) electrons. The van der Waals surface area contributed by atoms with E-state index < -0.39 is 23.6 Å². The third kappa shape index (κ3) is 5.10. The Morgan fingerprint density at radius 3 is 2.57 bits per heavy atom. The molecular formula is C27H24ClN5O4. The van der Waals surface area contributed by atoms with E-state index in [1.807, 2.05) is 48.5 Å². The SMILES string of the molecule is NC(=O)C1(C(Cc2ccccc2)NC(=O)c2cccnc2-n2ccc(-c3cccc(Cl)c3)n2)OCCO1. The van der Waals surface area contributed by atoms with E-state index in [0.717, 1.165) is 11.1 Å². The molecule has 0 saturated carbocycles. The van der Waals surface area contributed by atoms with Crippen molar-refractivity contribution in [1.29, 1.82) is 0 Å². The molecule has 0 aliphatic carbocycles. The molecule has 1 fully saturated rings. The molecule has 3 N–H and O–H groups in total. The number of nitrogens with one attached hydrogen (secondary N) is 1. The van der Waals surface area contributed by atoms with E-state index in [0.29, 0.717) is 16.5 Å². The van der Waals surface area contributed by atoms with E-state index in [9.17, 15) is 9.59 Å². The number of rotatable bonds is 8. The summed E-state index contributed by atoms with van der Waals surface area (Å²) in [7, 11) is 0. The van der Waals surface area contributed by atoms with Gasteiger partial charge in [-0.3, -0.25) is 9.59 Å². The van der Waals surface area contributed by atoms with Crippen molar-refractivity contribution in [3.05, 3.63) is 101 Å². The Hall–Kier alpha value is -4.05. The van der Waals surface area contributed by atoms with Crippen molar-refractivity contribution in [2.75, 3.05) is 13.2 Å². The largest absolute Gasteiger partial charge is 0.365 e. The molecule has 10 heteroatoms. The van der Waals surface area contributed by atoms with Crippen LogP contribution in [-0.4, -0.2) is 51.6 Å². The Balaban J connectivity index is 1.46. The zero-order valence-electron chi connectivity index (χ0n) is 19.7. The fourth-order valence-corrected chi connectivity index (χ4v) is 4.50. The summed E-state index contributed by atoms with van der Waals surface area (Å²) in [6.45, 7) is 0.365. The van der Waals surface area contributed by atoms with Crippen LogP contribution < -0.4 is 11.1 Å². The zero-order valence-corrected chi connectivity index (χ0v) is 20.5. The molecule has 1 aliphatic heterocycles. The number of hydrogen-bond acceptors (Lipinski definition) is 6. The van der Waals surface area contributed by atoms with Crippen LogP contribution in [0.4, 0.5) is 0 Å². The summed E-state index contributed by atoms with van der Waals surface area (Å²) >= 11 is 6.13. The zero-order chi connectivity index (χ0) is 25.8. The molecule has 5 rings (SSSR count). The molecule has 1 aliphatic rings. The highest BCUT2D eigenvalue weighted by atomic mass is 35.5. The predicted octanol–water partition coefficient (Wildman–Crippen LogP) is 3.16. The molecular weight excluding hydrogens is 494 g/mol. The Kier molecular flexibility index (Phi) is 7.00. The number of amides is 2.